The highest BCUT2D eigenvalue weighted by Gasteiger charge is 2.35. The minimum atomic E-state index is -4.53. The summed E-state index contributed by atoms with van der Waals surface area (Å²) in [6, 6.07) is 9.30. The Bertz CT molecular complexity index is 843. The Hall–Kier alpha value is -1.18. The van der Waals surface area contributed by atoms with Gasteiger partial charge in [0.1, 0.15) is 5.75 Å². The van der Waals surface area contributed by atoms with Gasteiger partial charge >= 0.3 is 6.18 Å². The molecule has 0 aromatic heterocycles. The third kappa shape index (κ3) is 8.35. The number of hydrogen-bond donors (Lipinski definition) is 2. The van der Waals surface area contributed by atoms with Crippen LogP contribution < -0.4 is 10.5 Å². The summed E-state index contributed by atoms with van der Waals surface area (Å²) >= 11 is 11.8. The molecule has 3 N–H and O–H groups in total. The standard InChI is InChI=1S/C22H26Cl2F3NO2.ClH/c1-2-21(28,14-29)10-9-16-6-8-20(17(12-16)22(25,26)27)30-11-3-4-15-5-7-18(23)19(24)13-15;/h5-8,12-13,29H,2-4,9-11,14,28H2,1H3;1H/t21-;/m1./s1. The lowest BCUT2D eigenvalue weighted by atomic mass is 9.90. The first kappa shape index (κ1) is 27.9. The summed E-state index contributed by atoms with van der Waals surface area (Å²) in [6.07, 6.45) is -2.13. The zero-order valence-corrected chi connectivity index (χ0v) is 19.5. The van der Waals surface area contributed by atoms with Crippen molar-refractivity contribution in [3.63, 3.8) is 0 Å². The minimum absolute atomic E-state index is 0. The molecule has 174 valence electrons. The van der Waals surface area contributed by atoms with Crippen LogP contribution in [-0.4, -0.2) is 23.9 Å². The van der Waals surface area contributed by atoms with Gasteiger partial charge in [-0.3, -0.25) is 0 Å². The molecule has 9 heteroatoms. The van der Waals surface area contributed by atoms with Crippen LogP contribution in [-0.2, 0) is 19.0 Å². The van der Waals surface area contributed by atoms with E-state index in [1.165, 1.54) is 6.07 Å². The molecule has 0 aliphatic rings. The lowest BCUT2D eigenvalue weighted by molar-refractivity contribution is -0.139. The average molecular weight is 501 g/mol. The molecule has 0 radical (unpaired) electrons. The minimum Gasteiger partial charge on any atom is -0.493 e. The van der Waals surface area contributed by atoms with Gasteiger partial charge in [0.25, 0.3) is 0 Å². The lowest BCUT2D eigenvalue weighted by Crippen LogP contribution is -2.43. The molecule has 0 aliphatic carbocycles. The highest BCUT2D eigenvalue weighted by atomic mass is 35.5. The fraction of sp³-hybridized carbons (Fsp3) is 0.455. The summed E-state index contributed by atoms with van der Waals surface area (Å²) in [6.45, 7) is 1.76. The van der Waals surface area contributed by atoms with E-state index >= 15 is 0 Å². The van der Waals surface area contributed by atoms with Crippen molar-refractivity contribution in [2.24, 2.45) is 5.73 Å². The quantitative estimate of drug-likeness (QED) is 0.367. The highest BCUT2D eigenvalue weighted by molar-refractivity contribution is 6.42. The van der Waals surface area contributed by atoms with Crippen molar-refractivity contribution in [2.75, 3.05) is 13.2 Å². The maximum absolute atomic E-state index is 13.5. The third-order valence-corrected chi connectivity index (χ3v) is 5.87. The predicted octanol–water partition coefficient (Wildman–Crippen LogP) is 6.48. The van der Waals surface area contributed by atoms with Crippen molar-refractivity contribution < 1.29 is 23.0 Å². The fourth-order valence-electron chi connectivity index (χ4n) is 2.99. The number of hydrogen-bond acceptors (Lipinski definition) is 3. The SMILES string of the molecule is CC[C@](N)(CO)CCc1ccc(OCCCc2ccc(Cl)c(Cl)c2)c(C(F)(F)F)c1.Cl. The Labute approximate surface area is 197 Å². The summed E-state index contributed by atoms with van der Waals surface area (Å²) in [5.41, 5.74) is 5.87. The molecule has 0 unspecified atom stereocenters. The largest absolute Gasteiger partial charge is 0.493 e. The van der Waals surface area contributed by atoms with Crippen LogP contribution in [0, 0.1) is 0 Å². The van der Waals surface area contributed by atoms with E-state index in [1.807, 2.05) is 13.0 Å². The second-order valence-corrected chi connectivity index (χ2v) is 8.22. The summed E-state index contributed by atoms with van der Waals surface area (Å²) < 4.78 is 46.0. The molecule has 0 saturated heterocycles. The molecule has 31 heavy (non-hydrogen) atoms. The molecule has 3 nitrogen and oxygen atoms in total. The van der Waals surface area contributed by atoms with Crippen molar-refractivity contribution in [1.82, 2.24) is 0 Å². The predicted molar refractivity (Wildman–Crippen MR) is 122 cm³/mol. The number of aliphatic hydroxyl groups excluding tert-OH is 1. The molecule has 0 saturated carbocycles. The van der Waals surface area contributed by atoms with Gasteiger partial charge in [0.15, 0.2) is 0 Å². The van der Waals surface area contributed by atoms with Crippen LogP contribution in [0.1, 0.15) is 42.9 Å². The number of ether oxygens (including phenoxy) is 1. The van der Waals surface area contributed by atoms with E-state index in [0.29, 0.717) is 47.7 Å². The number of aryl methyl sites for hydroxylation is 2. The maximum Gasteiger partial charge on any atom is 0.419 e. The molecular formula is C22H27Cl3F3NO2. The summed E-state index contributed by atoms with van der Waals surface area (Å²) in [4.78, 5) is 0. The number of aliphatic hydroxyl groups is 1. The van der Waals surface area contributed by atoms with E-state index in [4.69, 9.17) is 33.7 Å². The van der Waals surface area contributed by atoms with Crippen molar-refractivity contribution >= 4 is 35.6 Å². The zero-order chi connectivity index (χ0) is 22.4. The van der Waals surface area contributed by atoms with Gasteiger partial charge in [-0.25, -0.2) is 0 Å². The third-order valence-electron chi connectivity index (χ3n) is 5.13. The van der Waals surface area contributed by atoms with Gasteiger partial charge in [0.2, 0.25) is 0 Å². The van der Waals surface area contributed by atoms with Gasteiger partial charge in [0.05, 0.1) is 28.8 Å². The van der Waals surface area contributed by atoms with Crippen molar-refractivity contribution in [3.05, 3.63) is 63.1 Å². The van der Waals surface area contributed by atoms with Crippen molar-refractivity contribution in [3.8, 4) is 5.75 Å². The molecule has 0 heterocycles. The van der Waals surface area contributed by atoms with Gasteiger partial charge in [0, 0.05) is 5.54 Å². The number of nitrogens with two attached hydrogens (primary N) is 1. The van der Waals surface area contributed by atoms with Crippen molar-refractivity contribution in [2.45, 2.75) is 50.7 Å². The van der Waals surface area contributed by atoms with Crippen LogP contribution in [0.4, 0.5) is 13.2 Å². The molecule has 0 bridgehead atoms. The first-order valence-electron chi connectivity index (χ1n) is 9.74. The number of rotatable bonds is 10. The first-order valence-corrected chi connectivity index (χ1v) is 10.5. The van der Waals surface area contributed by atoms with Gasteiger partial charge < -0.3 is 15.6 Å². The molecule has 0 amide bonds. The average Bonchev–Trinajstić information content (AvgIpc) is 2.71. The van der Waals surface area contributed by atoms with Crippen LogP contribution in [0.5, 0.6) is 5.75 Å². The molecule has 2 aromatic rings. The van der Waals surface area contributed by atoms with E-state index in [2.05, 4.69) is 0 Å². The van der Waals surface area contributed by atoms with E-state index in [-0.39, 0.29) is 31.4 Å². The molecule has 0 spiro atoms. The first-order chi connectivity index (χ1) is 14.1. The number of benzene rings is 2. The van der Waals surface area contributed by atoms with Crippen LogP contribution >= 0.6 is 35.6 Å². The number of alkyl halides is 3. The monoisotopic (exact) mass is 499 g/mol. The highest BCUT2D eigenvalue weighted by Crippen LogP contribution is 2.37. The molecule has 0 fully saturated rings. The fourth-order valence-corrected chi connectivity index (χ4v) is 3.32. The van der Waals surface area contributed by atoms with E-state index in [1.54, 1.807) is 18.2 Å². The Morgan fingerprint density at radius 2 is 1.65 bits per heavy atom. The molecule has 0 aliphatic heterocycles. The smallest absolute Gasteiger partial charge is 0.419 e. The zero-order valence-electron chi connectivity index (χ0n) is 17.1. The summed E-state index contributed by atoms with van der Waals surface area (Å²) in [7, 11) is 0. The summed E-state index contributed by atoms with van der Waals surface area (Å²) in [5.74, 6) is -0.197. The summed E-state index contributed by atoms with van der Waals surface area (Å²) in [5, 5.41) is 10.3. The van der Waals surface area contributed by atoms with E-state index < -0.39 is 17.3 Å². The van der Waals surface area contributed by atoms with Crippen LogP contribution in [0.3, 0.4) is 0 Å². The maximum atomic E-state index is 13.5. The molecular weight excluding hydrogens is 474 g/mol. The molecule has 2 aromatic carbocycles. The normalized spacial score (nSPS) is 13.4. The Balaban J connectivity index is 0.00000480. The van der Waals surface area contributed by atoms with Gasteiger partial charge in [-0.2, -0.15) is 13.2 Å². The Morgan fingerprint density at radius 1 is 1.00 bits per heavy atom. The lowest BCUT2D eigenvalue weighted by Gasteiger charge is -2.25. The van der Waals surface area contributed by atoms with Crippen LogP contribution in [0.15, 0.2) is 36.4 Å². The number of halogens is 6. The van der Waals surface area contributed by atoms with Crippen LogP contribution in [0.25, 0.3) is 0 Å². The second kappa shape index (κ2) is 12.2. The molecule has 2 rings (SSSR count). The van der Waals surface area contributed by atoms with Crippen molar-refractivity contribution in [1.29, 1.82) is 0 Å². The van der Waals surface area contributed by atoms with Gasteiger partial charge in [-0.15, -0.1) is 12.4 Å². The van der Waals surface area contributed by atoms with Crippen LogP contribution in [0.2, 0.25) is 10.0 Å². The molecule has 1 atom stereocenters. The van der Waals surface area contributed by atoms with E-state index in [0.717, 1.165) is 11.6 Å². The Kier molecular flexibility index (Phi) is 10.9. The van der Waals surface area contributed by atoms with E-state index in [9.17, 15) is 18.3 Å². The Morgan fingerprint density at radius 3 is 2.23 bits per heavy atom. The topological polar surface area (TPSA) is 55.5 Å². The van der Waals surface area contributed by atoms with Gasteiger partial charge in [-0.05, 0) is 67.5 Å². The van der Waals surface area contributed by atoms with Gasteiger partial charge in [-0.1, -0.05) is 42.3 Å². The second-order valence-electron chi connectivity index (χ2n) is 7.40.